The van der Waals surface area contributed by atoms with Crippen molar-refractivity contribution in [2.45, 2.75) is 70.9 Å². The number of aliphatic hydroxyl groups excluding tert-OH is 1. The molecule has 1 aromatic carbocycles. The smallest absolute Gasteiger partial charge is 0.267 e. The third kappa shape index (κ3) is 7.29. The van der Waals surface area contributed by atoms with E-state index in [2.05, 4.69) is 6.92 Å². The lowest BCUT2D eigenvalue weighted by Gasteiger charge is -2.20. The molecule has 0 aliphatic carbocycles. The molecular formula is C17H26F2O3. The first kappa shape index (κ1) is 19.0. The van der Waals surface area contributed by atoms with Crippen LogP contribution in [-0.4, -0.2) is 16.7 Å². The Hall–Kier alpha value is -1.04. The van der Waals surface area contributed by atoms with Crippen molar-refractivity contribution < 1.29 is 23.7 Å². The summed E-state index contributed by atoms with van der Waals surface area (Å²) in [6, 6.07) is 3.21. The van der Waals surface area contributed by atoms with Crippen LogP contribution in [0.15, 0.2) is 18.2 Å². The lowest BCUT2D eigenvalue weighted by molar-refractivity contribution is -0.259. The lowest BCUT2D eigenvalue weighted by Crippen LogP contribution is -2.16. The van der Waals surface area contributed by atoms with E-state index in [1.165, 1.54) is 31.7 Å². The summed E-state index contributed by atoms with van der Waals surface area (Å²) < 4.78 is 31.7. The zero-order valence-corrected chi connectivity index (χ0v) is 13.1. The minimum Gasteiger partial charge on any atom is -0.346 e. The van der Waals surface area contributed by atoms with Crippen molar-refractivity contribution in [3.63, 3.8) is 0 Å². The van der Waals surface area contributed by atoms with Gasteiger partial charge in [0.25, 0.3) is 6.48 Å². The van der Waals surface area contributed by atoms with Crippen LogP contribution in [0, 0.1) is 11.6 Å². The van der Waals surface area contributed by atoms with Gasteiger partial charge in [-0.2, -0.15) is 0 Å². The van der Waals surface area contributed by atoms with Gasteiger partial charge in [0.05, 0.1) is 6.10 Å². The second-order valence-corrected chi connectivity index (χ2v) is 5.53. The monoisotopic (exact) mass is 316 g/mol. The van der Waals surface area contributed by atoms with Gasteiger partial charge in [0.15, 0.2) is 0 Å². The average molecular weight is 316 g/mol. The van der Waals surface area contributed by atoms with E-state index in [1.54, 1.807) is 0 Å². The van der Waals surface area contributed by atoms with Crippen molar-refractivity contribution in [3.05, 3.63) is 35.4 Å². The fourth-order valence-corrected chi connectivity index (χ4v) is 2.49. The molecule has 5 heteroatoms. The topological polar surface area (TPSA) is 49.7 Å². The molecule has 0 radical (unpaired) electrons. The summed E-state index contributed by atoms with van der Waals surface area (Å²) in [5, 5.41) is 17.9. The van der Waals surface area contributed by atoms with Gasteiger partial charge >= 0.3 is 0 Å². The summed E-state index contributed by atoms with van der Waals surface area (Å²) in [6.07, 6.45) is 7.39. The van der Waals surface area contributed by atoms with E-state index in [-0.39, 0.29) is 5.56 Å². The molecule has 126 valence electrons. The van der Waals surface area contributed by atoms with Crippen LogP contribution in [0.3, 0.4) is 0 Å². The minimum atomic E-state index is -1.97. The molecule has 0 bridgehead atoms. The Morgan fingerprint density at radius 3 is 2.23 bits per heavy atom. The van der Waals surface area contributed by atoms with Gasteiger partial charge in [0.1, 0.15) is 11.6 Å². The second-order valence-electron chi connectivity index (χ2n) is 5.53. The molecule has 1 rings (SSSR count). The average Bonchev–Trinajstić information content (AvgIpc) is 2.45. The zero-order chi connectivity index (χ0) is 16.4. The maximum atomic E-state index is 13.8. The van der Waals surface area contributed by atoms with Gasteiger partial charge in [-0.05, 0) is 12.5 Å². The molecule has 2 N–H and O–H groups in total. The first-order valence-corrected chi connectivity index (χ1v) is 8.01. The molecule has 0 heterocycles. The lowest BCUT2D eigenvalue weighted by atomic mass is 10.0. The third-order valence-corrected chi connectivity index (χ3v) is 3.67. The van der Waals surface area contributed by atoms with Gasteiger partial charge in [0, 0.05) is 11.6 Å². The minimum absolute atomic E-state index is 0.153. The molecule has 22 heavy (non-hydrogen) atoms. The molecule has 0 aromatic heterocycles. The number of aliphatic hydroxyl groups is 2. The van der Waals surface area contributed by atoms with Gasteiger partial charge in [-0.15, -0.1) is 0 Å². The molecule has 0 aliphatic heterocycles. The highest BCUT2D eigenvalue weighted by atomic mass is 19.1. The van der Waals surface area contributed by atoms with E-state index in [0.717, 1.165) is 31.4 Å². The molecule has 1 atom stereocenters. The van der Waals surface area contributed by atoms with Crippen molar-refractivity contribution in [3.8, 4) is 0 Å². The molecule has 0 saturated carbocycles. The number of hydrogen-bond acceptors (Lipinski definition) is 3. The number of rotatable bonds is 11. The molecule has 0 amide bonds. The van der Waals surface area contributed by atoms with Crippen LogP contribution in [0.1, 0.15) is 70.0 Å². The van der Waals surface area contributed by atoms with Crippen LogP contribution in [0.5, 0.6) is 0 Å². The van der Waals surface area contributed by atoms with Gasteiger partial charge in [-0.1, -0.05) is 57.9 Å². The number of unbranched alkanes of at least 4 members (excludes halogenated alkanes) is 6. The van der Waals surface area contributed by atoms with E-state index in [9.17, 15) is 8.78 Å². The number of ether oxygens (including phenoxy) is 1. The summed E-state index contributed by atoms with van der Waals surface area (Å²) in [4.78, 5) is 0. The summed E-state index contributed by atoms with van der Waals surface area (Å²) in [6.45, 7) is 0.193. The van der Waals surface area contributed by atoms with Crippen LogP contribution in [0.25, 0.3) is 0 Å². The van der Waals surface area contributed by atoms with Crippen LogP contribution in [-0.2, 0) is 4.74 Å². The molecule has 0 fully saturated rings. The Morgan fingerprint density at radius 1 is 1.00 bits per heavy atom. The van der Waals surface area contributed by atoms with Crippen molar-refractivity contribution in [1.29, 1.82) is 0 Å². The van der Waals surface area contributed by atoms with E-state index >= 15 is 0 Å². The van der Waals surface area contributed by atoms with Crippen molar-refractivity contribution >= 4 is 0 Å². The fourth-order valence-electron chi connectivity index (χ4n) is 2.49. The third-order valence-electron chi connectivity index (χ3n) is 3.67. The molecule has 0 aliphatic rings. The first-order chi connectivity index (χ1) is 10.5. The largest absolute Gasteiger partial charge is 0.346 e. The van der Waals surface area contributed by atoms with Crippen molar-refractivity contribution in [2.24, 2.45) is 0 Å². The van der Waals surface area contributed by atoms with Gasteiger partial charge in [-0.25, -0.2) is 8.78 Å². The molecular weight excluding hydrogens is 290 g/mol. The Bertz CT molecular complexity index is 424. The summed E-state index contributed by atoms with van der Waals surface area (Å²) in [7, 11) is 0. The number of halogens is 2. The van der Waals surface area contributed by atoms with Crippen LogP contribution in [0.4, 0.5) is 8.78 Å². The molecule has 3 nitrogen and oxygen atoms in total. The molecule has 1 unspecified atom stereocenters. The van der Waals surface area contributed by atoms with Gasteiger partial charge < -0.3 is 14.9 Å². The van der Waals surface area contributed by atoms with E-state index < -0.39 is 24.2 Å². The maximum Gasteiger partial charge on any atom is 0.267 e. The van der Waals surface area contributed by atoms with Crippen LogP contribution < -0.4 is 0 Å². The standard InChI is InChI=1S/C17H26F2O3/c1-2-3-4-5-6-7-8-9-16(22-17(20)21)14-11-10-13(18)12-15(14)19/h10-12,16-17,20-21H,2-9H2,1H3. The molecule has 0 saturated heterocycles. The molecule has 1 aromatic rings. The summed E-state index contributed by atoms with van der Waals surface area (Å²) >= 11 is 0. The van der Waals surface area contributed by atoms with E-state index in [4.69, 9.17) is 14.9 Å². The highest BCUT2D eigenvalue weighted by Crippen LogP contribution is 2.27. The van der Waals surface area contributed by atoms with Crippen molar-refractivity contribution in [1.82, 2.24) is 0 Å². The summed E-state index contributed by atoms with van der Waals surface area (Å²) in [5.41, 5.74) is 0.153. The predicted octanol–water partition coefficient (Wildman–Crippen LogP) is 4.43. The normalized spacial score (nSPS) is 12.8. The maximum absolute atomic E-state index is 13.8. The van der Waals surface area contributed by atoms with E-state index in [1.807, 2.05) is 0 Å². The SMILES string of the molecule is CCCCCCCCCC(OC(O)O)c1ccc(F)cc1F. The fraction of sp³-hybridized carbons (Fsp3) is 0.647. The molecule has 0 spiro atoms. The van der Waals surface area contributed by atoms with Gasteiger partial charge in [-0.3, -0.25) is 0 Å². The number of benzene rings is 1. The Morgan fingerprint density at radius 2 is 1.64 bits per heavy atom. The number of hydrogen-bond donors (Lipinski definition) is 2. The predicted molar refractivity (Wildman–Crippen MR) is 81.0 cm³/mol. The van der Waals surface area contributed by atoms with Crippen molar-refractivity contribution in [2.75, 3.05) is 0 Å². The van der Waals surface area contributed by atoms with Crippen LogP contribution >= 0.6 is 0 Å². The Balaban J connectivity index is 2.47. The highest BCUT2D eigenvalue weighted by molar-refractivity contribution is 5.21. The second kappa shape index (κ2) is 10.6. The quantitative estimate of drug-likeness (QED) is 0.469. The first-order valence-electron chi connectivity index (χ1n) is 8.01. The van der Waals surface area contributed by atoms with Gasteiger partial charge in [0.2, 0.25) is 0 Å². The van der Waals surface area contributed by atoms with E-state index in [0.29, 0.717) is 6.42 Å². The Labute approximate surface area is 130 Å². The Kier molecular flexibility index (Phi) is 9.20. The zero-order valence-electron chi connectivity index (χ0n) is 13.1. The highest BCUT2D eigenvalue weighted by Gasteiger charge is 2.19. The summed E-state index contributed by atoms with van der Waals surface area (Å²) in [5.74, 6) is -1.39. The van der Waals surface area contributed by atoms with Crippen LogP contribution in [0.2, 0.25) is 0 Å².